The number of anilines is 1. The first-order chi connectivity index (χ1) is 10.3. The summed E-state index contributed by atoms with van der Waals surface area (Å²) in [6.45, 7) is -0.431. The first kappa shape index (κ1) is 17.7. The summed E-state index contributed by atoms with van der Waals surface area (Å²) >= 11 is 10.7. The van der Waals surface area contributed by atoms with Gasteiger partial charge in [0.25, 0.3) is 10.0 Å². The van der Waals surface area contributed by atoms with E-state index in [1.807, 2.05) is 22.6 Å². The van der Waals surface area contributed by atoms with E-state index in [1.165, 1.54) is 12.1 Å². The summed E-state index contributed by atoms with van der Waals surface area (Å²) in [7, 11) is -3.89. The fourth-order valence-corrected chi connectivity index (χ4v) is 4.54. The Labute approximate surface area is 155 Å². The summed E-state index contributed by atoms with van der Waals surface area (Å²) in [5.41, 5.74) is 0.417. The van der Waals surface area contributed by atoms with Gasteiger partial charge in [-0.25, -0.2) is 8.42 Å². The summed E-state index contributed by atoms with van der Waals surface area (Å²) < 4.78 is 28.1. The molecule has 0 aliphatic carbocycles. The van der Waals surface area contributed by atoms with Crippen LogP contribution in [0, 0.1) is 3.57 Å². The maximum atomic E-state index is 12.8. The zero-order valence-corrected chi connectivity index (χ0v) is 16.4. The zero-order chi connectivity index (χ0) is 16.3. The lowest BCUT2D eigenvalue weighted by atomic mass is 10.3. The second-order valence-electron chi connectivity index (χ2n) is 4.27. The van der Waals surface area contributed by atoms with Crippen LogP contribution >= 0.6 is 50.1 Å². The average molecular weight is 515 g/mol. The van der Waals surface area contributed by atoms with Crippen LogP contribution in [-0.2, 0) is 14.8 Å². The van der Waals surface area contributed by atoms with Crippen molar-refractivity contribution in [3.05, 3.63) is 56.6 Å². The van der Waals surface area contributed by atoms with Crippen molar-refractivity contribution < 1.29 is 13.2 Å². The standard InChI is InChI=1S/C14H10BrClINO3S/c15-10-5-7-11(8-6-10)22(20,21)18(9-14(16)19)13-4-2-1-3-12(13)17/h1-8H,9H2. The van der Waals surface area contributed by atoms with Crippen LogP contribution in [0.3, 0.4) is 0 Å². The van der Waals surface area contributed by atoms with Crippen molar-refractivity contribution in [3.63, 3.8) is 0 Å². The van der Waals surface area contributed by atoms with E-state index in [0.717, 1.165) is 8.78 Å². The molecule has 0 aliphatic heterocycles. The van der Waals surface area contributed by atoms with Gasteiger partial charge < -0.3 is 0 Å². The number of para-hydroxylation sites is 1. The molecule has 0 spiro atoms. The number of rotatable bonds is 5. The normalized spacial score (nSPS) is 11.2. The minimum Gasteiger partial charge on any atom is -0.279 e. The molecule has 116 valence electrons. The van der Waals surface area contributed by atoms with E-state index < -0.39 is 21.8 Å². The van der Waals surface area contributed by atoms with Crippen molar-refractivity contribution >= 4 is 71.1 Å². The highest BCUT2D eigenvalue weighted by Crippen LogP contribution is 2.28. The van der Waals surface area contributed by atoms with E-state index in [9.17, 15) is 13.2 Å². The number of halogens is 3. The summed E-state index contributed by atoms with van der Waals surface area (Å²) in [6, 6.07) is 13.1. The number of nitrogens with zero attached hydrogens (tertiary/aromatic N) is 1. The van der Waals surface area contributed by atoms with Crippen LogP contribution in [0.1, 0.15) is 0 Å². The molecule has 22 heavy (non-hydrogen) atoms. The van der Waals surface area contributed by atoms with Crippen LogP contribution in [0.5, 0.6) is 0 Å². The lowest BCUT2D eigenvalue weighted by Gasteiger charge is -2.24. The highest BCUT2D eigenvalue weighted by Gasteiger charge is 2.27. The van der Waals surface area contributed by atoms with Crippen LogP contribution in [0.2, 0.25) is 0 Å². The van der Waals surface area contributed by atoms with E-state index in [0.29, 0.717) is 9.26 Å². The van der Waals surface area contributed by atoms with Gasteiger partial charge in [-0.3, -0.25) is 9.10 Å². The minimum absolute atomic E-state index is 0.0910. The van der Waals surface area contributed by atoms with Crippen LogP contribution in [0.25, 0.3) is 0 Å². The molecule has 0 aliphatic rings. The first-order valence-electron chi connectivity index (χ1n) is 6.03. The third-order valence-electron chi connectivity index (χ3n) is 2.79. The van der Waals surface area contributed by atoms with Gasteiger partial charge in [0.2, 0.25) is 5.24 Å². The molecule has 2 aromatic rings. The molecule has 0 heterocycles. The van der Waals surface area contributed by atoms with Gasteiger partial charge in [-0.05, 0) is 70.6 Å². The summed E-state index contributed by atoms with van der Waals surface area (Å²) in [5.74, 6) is 0. The maximum absolute atomic E-state index is 12.8. The van der Waals surface area contributed by atoms with Gasteiger partial charge in [0.15, 0.2) is 0 Å². The molecule has 0 saturated heterocycles. The van der Waals surface area contributed by atoms with Gasteiger partial charge in [0.05, 0.1) is 10.6 Å². The molecule has 0 saturated carbocycles. The molecule has 0 N–H and O–H groups in total. The van der Waals surface area contributed by atoms with Crippen molar-refractivity contribution in [1.82, 2.24) is 0 Å². The Balaban J connectivity index is 2.56. The fraction of sp³-hybridized carbons (Fsp3) is 0.0714. The van der Waals surface area contributed by atoms with Gasteiger partial charge in [-0.15, -0.1) is 0 Å². The second-order valence-corrected chi connectivity index (χ2v) is 8.63. The molecule has 8 heteroatoms. The minimum atomic E-state index is -3.89. The van der Waals surface area contributed by atoms with Crippen molar-refractivity contribution in [2.75, 3.05) is 10.8 Å². The largest absolute Gasteiger partial charge is 0.279 e. The number of sulfonamides is 1. The Kier molecular flexibility index (Phi) is 5.87. The van der Waals surface area contributed by atoms with Crippen molar-refractivity contribution in [2.45, 2.75) is 4.90 Å². The Bertz CT molecular complexity index is 796. The van der Waals surface area contributed by atoms with Gasteiger partial charge in [-0.1, -0.05) is 28.1 Å². The highest BCUT2D eigenvalue weighted by molar-refractivity contribution is 14.1. The molecule has 0 unspecified atom stereocenters. The van der Waals surface area contributed by atoms with Crippen molar-refractivity contribution in [2.24, 2.45) is 0 Å². The molecule has 0 amide bonds. The molecule has 4 nitrogen and oxygen atoms in total. The number of hydrogen-bond donors (Lipinski definition) is 0. The lowest BCUT2D eigenvalue weighted by molar-refractivity contribution is -0.110. The molecule has 0 radical (unpaired) electrons. The molecular weight excluding hydrogens is 504 g/mol. The molecular formula is C14H10BrClINO3S. The van der Waals surface area contributed by atoms with Crippen LogP contribution < -0.4 is 4.31 Å². The predicted molar refractivity (Wildman–Crippen MR) is 98.7 cm³/mol. The predicted octanol–water partition coefficient (Wildman–Crippen LogP) is 4.01. The Morgan fingerprint density at radius 1 is 1.14 bits per heavy atom. The topological polar surface area (TPSA) is 54.5 Å². The van der Waals surface area contributed by atoms with E-state index in [1.54, 1.807) is 36.4 Å². The van der Waals surface area contributed by atoms with E-state index in [2.05, 4.69) is 15.9 Å². The van der Waals surface area contributed by atoms with E-state index in [4.69, 9.17) is 11.6 Å². The third kappa shape index (κ3) is 4.01. The quantitative estimate of drug-likeness (QED) is 0.448. The van der Waals surface area contributed by atoms with Crippen LogP contribution in [0.15, 0.2) is 57.9 Å². The molecule has 0 bridgehead atoms. The SMILES string of the molecule is O=C(Cl)CN(c1ccccc1I)S(=O)(=O)c1ccc(Br)cc1. The number of carbonyl (C=O) groups is 1. The second kappa shape index (κ2) is 7.29. The van der Waals surface area contributed by atoms with E-state index >= 15 is 0 Å². The Morgan fingerprint density at radius 2 is 1.73 bits per heavy atom. The maximum Gasteiger partial charge on any atom is 0.264 e. The Hall–Kier alpha value is -0.640. The smallest absolute Gasteiger partial charge is 0.264 e. The summed E-state index contributed by atoms with van der Waals surface area (Å²) in [4.78, 5) is 11.4. The summed E-state index contributed by atoms with van der Waals surface area (Å²) in [5, 5.41) is -0.750. The number of carbonyl (C=O) groups excluding carboxylic acids is 1. The number of hydrogen-bond acceptors (Lipinski definition) is 3. The molecule has 2 rings (SSSR count). The molecule has 2 aromatic carbocycles. The van der Waals surface area contributed by atoms with Gasteiger partial charge in [0, 0.05) is 8.04 Å². The van der Waals surface area contributed by atoms with Crippen LogP contribution in [-0.4, -0.2) is 20.2 Å². The first-order valence-corrected chi connectivity index (χ1v) is 9.72. The average Bonchev–Trinajstić information content (AvgIpc) is 2.46. The molecule has 0 fully saturated rings. The number of benzene rings is 2. The van der Waals surface area contributed by atoms with Crippen molar-refractivity contribution in [3.8, 4) is 0 Å². The highest BCUT2D eigenvalue weighted by atomic mass is 127. The zero-order valence-electron chi connectivity index (χ0n) is 11.0. The Morgan fingerprint density at radius 3 is 2.27 bits per heavy atom. The monoisotopic (exact) mass is 513 g/mol. The van der Waals surface area contributed by atoms with Crippen molar-refractivity contribution in [1.29, 1.82) is 0 Å². The van der Waals surface area contributed by atoms with Gasteiger partial charge in [-0.2, -0.15) is 0 Å². The fourth-order valence-electron chi connectivity index (χ4n) is 1.80. The third-order valence-corrected chi connectivity index (χ3v) is 6.13. The van der Waals surface area contributed by atoms with E-state index in [-0.39, 0.29) is 4.90 Å². The van der Waals surface area contributed by atoms with Gasteiger partial charge in [0.1, 0.15) is 6.54 Å². The summed E-state index contributed by atoms with van der Waals surface area (Å²) in [6.07, 6.45) is 0. The lowest BCUT2D eigenvalue weighted by Crippen LogP contribution is -2.35. The molecule has 0 aromatic heterocycles. The van der Waals surface area contributed by atoms with Gasteiger partial charge >= 0.3 is 0 Å². The molecule has 0 atom stereocenters. The van der Waals surface area contributed by atoms with Crippen LogP contribution in [0.4, 0.5) is 5.69 Å².